The number of amides is 1. The Kier molecular flexibility index (Phi) is 5.38. The van der Waals surface area contributed by atoms with Gasteiger partial charge in [0.1, 0.15) is 17.3 Å². The second kappa shape index (κ2) is 7.88. The third-order valence-electron chi connectivity index (χ3n) is 4.31. The maximum Gasteiger partial charge on any atom is 0.251 e. The van der Waals surface area contributed by atoms with Gasteiger partial charge in [-0.3, -0.25) is 4.79 Å². The van der Waals surface area contributed by atoms with Gasteiger partial charge < -0.3 is 19.7 Å². The molecule has 1 N–H and O–H groups in total. The fourth-order valence-corrected chi connectivity index (χ4v) is 2.91. The zero-order valence-corrected chi connectivity index (χ0v) is 14.6. The number of hydrogen-bond donors (Lipinski definition) is 1. The molecule has 132 valence electrons. The Morgan fingerprint density at radius 2 is 1.80 bits per heavy atom. The Hall–Kier alpha value is -2.76. The zero-order chi connectivity index (χ0) is 17.6. The van der Waals surface area contributed by atoms with Gasteiger partial charge in [0, 0.05) is 37.5 Å². The highest BCUT2D eigenvalue weighted by Crippen LogP contribution is 2.23. The van der Waals surface area contributed by atoms with Crippen LogP contribution in [0, 0.1) is 0 Å². The van der Waals surface area contributed by atoms with E-state index in [9.17, 15) is 4.79 Å². The SMILES string of the molecule is COc1cc(OC)cc(C(=O)NCc2ccnc(N3CCCC3)c2)c1. The van der Waals surface area contributed by atoms with Crippen molar-refractivity contribution in [2.75, 3.05) is 32.2 Å². The predicted molar refractivity (Wildman–Crippen MR) is 96.4 cm³/mol. The van der Waals surface area contributed by atoms with E-state index in [1.165, 1.54) is 12.8 Å². The standard InChI is InChI=1S/C19H23N3O3/c1-24-16-10-15(11-17(12-16)25-2)19(23)21-13-14-5-6-20-18(9-14)22-7-3-4-8-22/h5-6,9-12H,3-4,7-8,13H2,1-2H3,(H,21,23). The first-order valence-electron chi connectivity index (χ1n) is 8.41. The Morgan fingerprint density at radius 1 is 1.12 bits per heavy atom. The normalized spacial score (nSPS) is 13.6. The summed E-state index contributed by atoms with van der Waals surface area (Å²) in [5.74, 6) is 1.98. The average Bonchev–Trinajstić information content (AvgIpc) is 3.20. The molecule has 0 atom stereocenters. The van der Waals surface area contributed by atoms with Crippen molar-refractivity contribution in [3.63, 3.8) is 0 Å². The topological polar surface area (TPSA) is 63.7 Å². The van der Waals surface area contributed by atoms with Crippen molar-refractivity contribution >= 4 is 11.7 Å². The lowest BCUT2D eigenvalue weighted by atomic mass is 10.1. The number of carbonyl (C=O) groups is 1. The summed E-state index contributed by atoms with van der Waals surface area (Å²) in [7, 11) is 3.13. The van der Waals surface area contributed by atoms with Crippen molar-refractivity contribution in [2.24, 2.45) is 0 Å². The highest BCUT2D eigenvalue weighted by atomic mass is 16.5. The molecule has 0 radical (unpaired) electrons. The van der Waals surface area contributed by atoms with E-state index >= 15 is 0 Å². The van der Waals surface area contributed by atoms with E-state index in [0.717, 1.165) is 24.5 Å². The van der Waals surface area contributed by atoms with Crippen LogP contribution in [0.15, 0.2) is 36.5 Å². The van der Waals surface area contributed by atoms with Gasteiger partial charge in [0.2, 0.25) is 0 Å². The number of benzene rings is 1. The first-order valence-corrected chi connectivity index (χ1v) is 8.41. The molecule has 1 aliphatic rings. The lowest BCUT2D eigenvalue weighted by molar-refractivity contribution is 0.0950. The molecule has 1 saturated heterocycles. The first kappa shape index (κ1) is 17.1. The summed E-state index contributed by atoms with van der Waals surface area (Å²) in [5.41, 5.74) is 1.53. The number of carbonyl (C=O) groups excluding carboxylic acids is 1. The Bertz CT molecular complexity index is 720. The molecule has 0 aliphatic carbocycles. The largest absolute Gasteiger partial charge is 0.497 e. The number of anilines is 1. The minimum Gasteiger partial charge on any atom is -0.497 e. The minimum absolute atomic E-state index is 0.170. The lowest BCUT2D eigenvalue weighted by Gasteiger charge is -2.17. The molecule has 0 spiro atoms. The first-order chi connectivity index (χ1) is 12.2. The maximum absolute atomic E-state index is 12.4. The summed E-state index contributed by atoms with van der Waals surface area (Å²) in [5, 5.41) is 2.94. The van der Waals surface area contributed by atoms with Gasteiger partial charge in [-0.2, -0.15) is 0 Å². The van der Waals surface area contributed by atoms with Gasteiger partial charge in [-0.1, -0.05) is 0 Å². The van der Waals surface area contributed by atoms with E-state index in [0.29, 0.717) is 23.6 Å². The van der Waals surface area contributed by atoms with Crippen LogP contribution in [0.2, 0.25) is 0 Å². The smallest absolute Gasteiger partial charge is 0.251 e. The van der Waals surface area contributed by atoms with Crippen LogP contribution in [-0.4, -0.2) is 38.2 Å². The van der Waals surface area contributed by atoms with E-state index in [1.807, 2.05) is 12.1 Å². The van der Waals surface area contributed by atoms with Crippen LogP contribution in [0.25, 0.3) is 0 Å². The highest BCUT2D eigenvalue weighted by molar-refractivity contribution is 5.95. The molecule has 0 unspecified atom stereocenters. The number of nitrogens with zero attached hydrogens (tertiary/aromatic N) is 2. The van der Waals surface area contributed by atoms with E-state index in [1.54, 1.807) is 38.6 Å². The van der Waals surface area contributed by atoms with E-state index in [2.05, 4.69) is 15.2 Å². The Morgan fingerprint density at radius 3 is 2.44 bits per heavy atom. The summed E-state index contributed by atoms with van der Waals surface area (Å²) < 4.78 is 10.4. The number of nitrogens with one attached hydrogen (secondary N) is 1. The molecule has 1 aliphatic heterocycles. The molecule has 6 nitrogen and oxygen atoms in total. The summed E-state index contributed by atoms with van der Waals surface area (Å²) >= 11 is 0. The molecule has 0 bridgehead atoms. The van der Waals surface area contributed by atoms with Crippen molar-refractivity contribution in [1.82, 2.24) is 10.3 Å². The van der Waals surface area contributed by atoms with Gasteiger partial charge in [0.15, 0.2) is 0 Å². The molecular formula is C19H23N3O3. The van der Waals surface area contributed by atoms with Gasteiger partial charge in [0.05, 0.1) is 14.2 Å². The molecule has 2 heterocycles. The van der Waals surface area contributed by atoms with E-state index < -0.39 is 0 Å². The molecule has 1 amide bonds. The molecule has 6 heteroatoms. The second-order valence-corrected chi connectivity index (χ2v) is 6.00. The van der Waals surface area contributed by atoms with Crippen LogP contribution >= 0.6 is 0 Å². The maximum atomic E-state index is 12.4. The van der Waals surface area contributed by atoms with Gasteiger partial charge in [-0.05, 0) is 42.7 Å². The van der Waals surface area contributed by atoms with Crippen LogP contribution < -0.4 is 19.7 Å². The van der Waals surface area contributed by atoms with Crippen LogP contribution in [0.4, 0.5) is 5.82 Å². The minimum atomic E-state index is -0.170. The van der Waals surface area contributed by atoms with Crippen LogP contribution in [0.3, 0.4) is 0 Å². The predicted octanol–water partition coefficient (Wildman–Crippen LogP) is 2.63. The quantitative estimate of drug-likeness (QED) is 0.875. The molecule has 1 aromatic heterocycles. The molecule has 0 saturated carbocycles. The fraction of sp³-hybridized carbons (Fsp3) is 0.368. The van der Waals surface area contributed by atoms with Gasteiger partial charge in [-0.25, -0.2) is 4.98 Å². The molecule has 3 rings (SSSR count). The van der Waals surface area contributed by atoms with Crippen LogP contribution in [-0.2, 0) is 6.54 Å². The van der Waals surface area contributed by atoms with Crippen LogP contribution in [0.1, 0.15) is 28.8 Å². The van der Waals surface area contributed by atoms with Gasteiger partial charge in [0.25, 0.3) is 5.91 Å². The van der Waals surface area contributed by atoms with Crippen molar-refractivity contribution in [3.05, 3.63) is 47.7 Å². The Labute approximate surface area is 147 Å². The van der Waals surface area contributed by atoms with Crippen molar-refractivity contribution in [2.45, 2.75) is 19.4 Å². The summed E-state index contributed by atoms with van der Waals surface area (Å²) in [4.78, 5) is 19.2. The molecule has 1 fully saturated rings. The second-order valence-electron chi connectivity index (χ2n) is 6.00. The molecule has 1 aromatic carbocycles. The lowest BCUT2D eigenvalue weighted by Crippen LogP contribution is -2.23. The number of hydrogen-bond acceptors (Lipinski definition) is 5. The van der Waals surface area contributed by atoms with Gasteiger partial charge >= 0.3 is 0 Å². The Balaban J connectivity index is 1.67. The summed E-state index contributed by atoms with van der Waals surface area (Å²) in [6.45, 7) is 2.54. The number of methoxy groups -OCH3 is 2. The summed E-state index contributed by atoms with van der Waals surface area (Å²) in [6, 6.07) is 9.09. The van der Waals surface area contributed by atoms with Crippen molar-refractivity contribution < 1.29 is 14.3 Å². The third kappa shape index (κ3) is 4.21. The molecule has 25 heavy (non-hydrogen) atoms. The summed E-state index contributed by atoms with van der Waals surface area (Å²) in [6.07, 6.45) is 4.21. The highest BCUT2D eigenvalue weighted by Gasteiger charge is 2.14. The third-order valence-corrected chi connectivity index (χ3v) is 4.31. The zero-order valence-electron chi connectivity index (χ0n) is 14.6. The van der Waals surface area contributed by atoms with E-state index in [4.69, 9.17) is 9.47 Å². The molecular weight excluding hydrogens is 318 g/mol. The van der Waals surface area contributed by atoms with Crippen molar-refractivity contribution in [1.29, 1.82) is 0 Å². The number of rotatable bonds is 6. The number of ether oxygens (including phenoxy) is 2. The monoisotopic (exact) mass is 341 g/mol. The number of pyridine rings is 1. The fourth-order valence-electron chi connectivity index (χ4n) is 2.91. The van der Waals surface area contributed by atoms with E-state index in [-0.39, 0.29) is 5.91 Å². The number of aromatic nitrogens is 1. The molecule has 2 aromatic rings. The average molecular weight is 341 g/mol. The van der Waals surface area contributed by atoms with Crippen LogP contribution in [0.5, 0.6) is 11.5 Å². The van der Waals surface area contributed by atoms with Gasteiger partial charge in [-0.15, -0.1) is 0 Å². The van der Waals surface area contributed by atoms with Crippen molar-refractivity contribution in [3.8, 4) is 11.5 Å².